The lowest BCUT2D eigenvalue weighted by molar-refractivity contribution is -0.0582. The Labute approximate surface area is 109 Å². The maximum absolute atomic E-state index is 11.5. The minimum absolute atomic E-state index is 0.399. The van der Waals surface area contributed by atoms with E-state index in [0.29, 0.717) is 0 Å². The second kappa shape index (κ2) is 6.18. The van der Waals surface area contributed by atoms with E-state index >= 15 is 0 Å². The molecule has 0 bridgehead atoms. The molecule has 1 radical (unpaired) electrons. The van der Waals surface area contributed by atoms with Crippen molar-refractivity contribution in [2.45, 2.75) is 71.8 Å². The Kier molecular flexibility index (Phi) is 5.80. The Hall–Kier alpha value is -1.10. The molecule has 2 atom stereocenters. The predicted octanol–water partition coefficient (Wildman–Crippen LogP) is 2.19. The van der Waals surface area contributed by atoms with Gasteiger partial charge in [-0.05, 0) is 48.5 Å². The van der Waals surface area contributed by atoms with Crippen LogP contribution >= 0.6 is 0 Å². The van der Waals surface area contributed by atoms with E-state index in [4.69, 9.17) is 9.47 Å². The lowest BCUT2D eigenvalue weighted by Gasteiger charge is -2.29. The van der Waals surface area contributed by atoms with Gasteiger partial charge in [0.1, 0.15) is 11.6 Å². The van der Waals surface area contributed by atoms with E-state index in [2.05, 4.69) is 5.32 Å². The summed E-state index contributed by atoms with van der Waals surface area (Å²) in [6, 6.07) is -0.848. The molecule has 1 amide bonds. The molecule has 0 aliphatic rings. The number of carbonyl (C=O) groups excluding carboxylic acids is 2. The summed E-state index contributed by atoms with van der Waals surface area (Å²) in [5, 5.41) is 2.44. The van der Waals surface area contributed by atoms with Crippen LogP contribution in [0, 0.1) is 0 Å². The van der Waals surface area contributed by atoms with Gasteiger partial charge in [0.2, 0.25) is 6.29 Å². The van der Waals surface area contributed by atoms with E-state index < -0.39 is 29.4 Å². The highest BCUT2D eigenvalue weighted by Crippen LogP contribution is 2.13. The zero-order chi connectivity index (χ0) is 14.6. The molecule has 0 heterocycles. The van der Waals surface area contributed by atoms with Crippen molar-refractivity contribution in [2.75, 3.05) is 0 Å². The van der Waals surface area contributed by atoms with Crippen LogP contribution in [0.5, 0.6) is 0 Å². The molecule has 0 aromatic rings. The molecule has 0 spiro atoms. The Morgan fingerprint density at radius 2 is 1.61 bits per heavy atom. The van der Waals surface area contributed by atoms with Gasteiger partial charge in [-0.2, -0.15) is 0 Å². The van der Waals surface area contributed by atoms with Crippen LogP contribution in [0.3, 0.4) is 0 Å². The SMILES string of the molecule is CC(OC(C)(C)C)[C@@H]([C]=O)NC(=O)OC(C)(C)C. The van der Waals surface area contributed by atoms with Gasteiger partial charge >= 0.3 is 6.09 Å². The third-order valence-corrected chi connectivity index (χ3v) is 1.81. The first kappa shape index (κ1) is 16.9. The molecule has 0 fully saturated rings. The molecule has 0 rings (SSSR count). The highest BCUT2D eigenvalue weighted by atomic mass is 16.6. The van der Waals surface area contributed by atoms with Gasteiger partial charge in [0, 0.05) is 0 Å². The van der Waals surface area contributed by atoms with Crippen molar-refractivity contribution in [1.82, 2.24) is 5.32 Å². The summed E-state index contributed by atoms with van der Waals surface area (Å²) in [4.78, 5) is 22.4. The minimum atomic E-state index is -0.848. The van der Waals surface area contributed by atoms with Gasteiger partial charge in [0.15, 0.2) is 0 Å². The van der Waals surface area contributed by atoms with Crippen LogP contribution in [-0.4, -0.2) is 35.7 Å². The molecular weight excluding hydrogens is 234 g/mol. The second-order valence-corrected chi connectivity index (χ2v) is 6.18. The van der Waals surface area contributed by atoms with Crippen LogP contribution in [0.4, 0.5) is 4.79 Å². The number of rotatable bonds is 4. The number of hydrogen-bond acceptors (Lipinski definition) is 4. The number of carbonyl (C=O) groups is 1. The van der Waals surface area contributed by atoms with Crippen LogP contribution in [0.1, 0.15) is 48.5 Å². The summed E-state index contributed by atoms with van der Waals surface area (Å²) in [6.07, 6.45) is 0.625. The fraction of sp³-hybridized carbons (Fsp3) is 0.846. The second-order valence-electron chi connectivity index (χ2n) is 6.18. The third-order valence-electron chi connectivity index (χ3n) is 1.81. The lowest BCUT2D eigenvalue weighted by Crippen LogP contribution is -2.48. The first-order valence-electron chi connectivity index (χ1n) is 5.99. The molecule has 5 heteroatoms. The van der Waals surface area contributed by atoms with Crippen molar-refractivity contribution in [1.29, 1.82) is 0 Å². The summed E-state index contributed by atoms with van der Waals surface area (Å²) in [5.74, 6) is 0. The van der Waals surface area contributed by atoms with E-state index in [1.165, 1.54) is 0 Å². The zero-order valence-electron chi connectivity index (χ0n) is 12.3. The third kappa shape index (κ3) is 8.06. The van der Waals surface area contributed by atoms with Crippen molar-refractivity contribution in [3.05, 3.63) is 0 Å². The number of hydrogen-bond donors (Lipinski definition) is 1. The Balaban J connectivity index is 4.43. The normalized spacial score (nSPS) is 15.7. The predicted molar refractivity (Wildman–Crippen MR) is 69.2 cm³/mol. The van der Waals surface area contributed by atoms with Gasteiger partial charge in [-0.15, -0.1) is 0 Å². The van der Waals surface area contributed by atoms with E-state index in [1.54, 1.807) is 34.0 Å². The smallest absolute Gasteiger partial charge is 0.408 e. The summed E-state index contributed by atoms with van der Waals surface area (Å²) in [7, 11) is 0. The molecule has 5 nitrogen and oxygen atoms in total. The van der Waals surface area contributed by atoms with Gasteiger partial charge in [-0.25, -0.2) is 4.79 Å². The molecule has 0 saturated heterocycles. The fourth-order valence-electron chi connectivity index (χ4n) is 1.30. The topological polar surface area (TPSA) is 64.6 Å². The molecule has 0 aliphatic carbocycles. The molecule has 0 aromatic carbocycles. The van der Waals surface area contributed by atoms with Gasteiger partial charge in [-0.1, -0.05) is 0 Å². The molecule has 0 saturated carbocycles. The minimum Gasteiger partial charge on any atom is -0.444 e. The van der Waals surface area contributed by atoms with Gasteiger partial charge < -0.3 is 14.8 Å². The summed E-state index contributed by atoms with van der Waals surface area (Å²) >= 11 is 0. The maximum atomic E-state index is 11.5. The Bertz CT molecular complexity index is 288. The number of alkyl carbamates (subject to hydrolysis) is 1. The number of nitrogens with one attached hydrogen (secondary N) is 1. The molecule has 105 valence electrons. The van der Waals surface area contributed by atoms with Crippen LogP contribution < -0.4 is 5.32 Å². The average molecular weight is 258 g/mol. The largest absolute Gasteiger partial charge is 0.444 e. The van der Waals surface area contributed by atoms with Crippen LogP contribution in [0.15, 0.2) is 0 Å². The highest BCUT2D eigenvalue weighted by molar-refractivity contribution is 5.74. The molecule has 1 N–H and O–H groups in total. The standard InChI is InChI=1S/C13H24NO4/c1-9(17-12(2,3)4)10(8-15)14-11(16)18-13(5,6)7/h9-10H,1-7H3,(H,14,16)/t9?,10-/m1/s1. The van der Waals surface area contributed by atoms with Gasteiger partial charge in [0.25, 0.3) is 0 Å². The van der Waals surface area contributed by atoms with Gasteiger partial charge in [-0.3, -0.25) is 4.79 Å². The van der Waals surface area contributed by atoms with Crippen molar-refractivity contribution in [2.24, 2.45) is 0 Å². The van der Waals surface area contributed by atoms with E-state index in [-0.39, 0.29) is 0 Å². The molecule has 0 aliphatic heterocycles. The first-order chi connectivity index (χ1) is 7.94. The number of ether oxygens (including phenoxy) is 2. The number of amides is 1. The van der Waals surface area contributed by atoms with Crippen molar-refractivity contribution < 1.29 is 19.1 Å². The molecule has 18 heavy (non-hydrogen) atoms. The van der Waals surface area contributed by atoms with Crippen LogP contribution in [0.2, 0.25) is 0 Å². The van der Waals surface area contributed by atoms with E-state index in [9.17, 15) is 9.59 Å². The Morgan fingerprint density at radius 1 is 1.11 bits per heavy atom. The summed E-state index contributed by atoms with van der Waals surface area (Å²) in [5.41, 5.74) is -1.00. The summed E-state index contributed by atoms with van der Waals surface area (Å²) < 4.78 is 10.7. The van der Waals surface area contributed by atoms with Crippen molar-refractivity contribution in [3.63, 3.8) is 0 Å². The van der Waals surface area contributed by atoms with Crippen LogP contribution in [-0.2, 0) is 14.3 Å². The van der Waals surface area contributed by atoms with Crippen molar-refractivity contribution in [3.8, 4) is 0 Å². The van der Waals surface area contributed by atoms with E-state index in [0.717, 1.165) is 0 Å². The average Bonchev–Trinajstić information content (AvgIpc) is 2.07. The van der Waals surface area contributed by atoms with Gasteiger partial charge in [0.05, 0.1) is 11.7 Å². The zero-order valence-corrected chi connectivity index (χ0v) is 12.3. The van der Waals surface area contributed by atoms with Crippen LogP contribution in [0.25, 0.3) is 0 Å². The first-order valence-corrected chi connectivity index (χ1v) is 5.99. The maximum Gasteiger partial charge on any atom is 0.408 e. The lowest BCUT2D eigenvalue weighted by atomic mass is 10.1. The quantitative estimate of drug-likeness (QED) is 0.839. The van der Waals surface area contributed by atoms with Crippen molar-refractivity contribution >= 4 is 12.4 Å². The monoisotopic (exact) mass is 258 g/mol. The Morgan fingerprint density at radius 3 is 1.94 bits per heavy atom. The molecule has 0 aromatic heterocycles. The molecular formula is C13H24NO4. The molecule has 1 unspecified atom stereocenters. The highest BCUT2D eigenvalue weighted by Gasteiger charge is 2.27. The fourth-order valence-corrected chi connectivity index (χ4v) is 1.30. The van der Waals surface area contributed by atoms with E-state index in [1.807, 2.05) is 20.8 Å². The summed E-state index contributed by atoms with van der Waals surface area (Å²) in [6.45, 7) is 12.6.